The largest absolute Gasteiger partial charge is 0.354 e. The van der Waals surface area contributed by atoms with E-state index in [0.29, 0.717) is 6.54 Å². The van der Waals surface area contributed by atoms with Crippen LogP contribution in [-0.4, -0.2) is 47.0 Å². The highest BCUT2D eigenvalue weighted by molar-refractivity contribution is 5.87. The SMILES string of the molecule is Cc1nc(C)c(C)c(N2CCCN(C(=O)C(c3ccccc3)c3ccccc3)CC2)n1. The zero-order chi connectivity index (χ0) is 21.8. The molecule has 4 rings (SSSR count). The van der Waals surface area contributed by atoms with Crippen LogP contribution in [-0.2, 0) is 4.79 Å². The average molecular weight is 415 g/mol. The van der Waals surface area contributed by atoms with E-state index in [1.807, 2.05) is 55.1 Å². The average Bonchev–Trinajstić information content (AvgIpc) is 3.04. The zero-order valence-electron chi connectivity index (χ0n) is 18.6. The number of anilines is 1. The molecule has 0 N–H and O–H groups in total. The Balaban J connectivity index is 1.57. The summed E-state index contributed by atoms with van der Waals surface area (Å²) in [7, 11) is 0. The van der Waals surface area contributed by atoms with E-state index < -0.39 is 0 Å². The Kier molecular flexibility index (Phi) is 6.31. The standard InChI is InChI=1S/C26H30N4O/c1-19-20(2)27-21(3)28-25(19)29-15-10-16-30(18-17-29)26(31)24(22-11-6-4-7-12-22)23-13-8-5-9-14-23/h4-9,11-14,24H,10,15-18H2,1-3H3. The maximum Gasteiger partial charge on any atom is 0.234 e. The lowest BCUT2D eigenvalue weighted by molar-refractivity contribution is -0.131. The number of aryl methyl sites for hydroxylation is 2. The predicted octanol–water partition coefficient (Wildman–Crippen LogP) is 4.27. The van der Waals surface area contributed by atoms with Crippen molar-refractivity contribution >= 4 is 11.7 Å². The van der Waals surface area contributed by atoms with E-state index >= 15 is 0 Å². The Morgan fingerprint density at radius 2 is 1.42 bits per heavy atom. The van der Waals surface area contributed by atoms with Crippen LogP contribution in [0.4, 0.5) is 5.82 Å². The number of nitrogens with zero attached hydrogens (tertiary/aromatic N) is 4. The molecule has 31 heavy (non-hydrogen) atoms. The maximum absolute atomic E-state index is 13.8. The number of rotatable bonds is 4. The van der Waals surface area contributed by atoms with Crippen LogP contribution in [0.1, 0.15) is 40.5 Å². The zero-order valence-corrected chi connectivity index (χ0v) is 18.6. The summed E-state index contributed by atoms with van der Waals surface area (Å²) in [5, 5.41) is 0. The van der Waals surface area contributed by atoms with Crippen LogP contribution in [0.25, 0.3) is 0 Å². The van der Waals surface area contributed by atoms with E-state index in [1.165, 1.54) is 0 Å². The molecule has 0 saturated carbocycles. The first-order valence-electron chi connectivity index (χ1n) is 11.0. The summed E-state index contributed by atoms with van der Waals surface area (Å²) < 4.78 is 0. The van der Waals surface area contributed by atoms with Gasteiger partial charge in [-0.1, -0.05) is 60.7 Å². The number of aromatic nitrogens is 2. The molecule has 0 radical (unpaired) electrons. The fourth-order valence-corrected chi connectivity index (χ4v) is 4.36. The minimum absolute atomic E-state index is 0.172. The van der Waals surface area contributed by atoms with Gasteiger partial charge in [-0.25, -0.2) is 9.97 Å². The van der Waals surface area contributed by atoms with Crippen molar-refractivity contribution < 1.29 is 4.79 Å². The molecule has 5 heteroatoms. The van der Waals surface area contributed by atoms with E-state index in [2.05, 4.69) is 41.1 Å². The molecule has 0 unspecified atom stereocenters. The molecule has 3 aromatic rings. The second kappa shape index (κ2) is 9.29. The lowest BCUT2D eigenvalue weighted by atomic mass is 9.90. The van der Waals surface area contributed by atoms with E-state index in [9.17, 15) is 4.79 Å². The highest BCUT2D eigenvalue weighted by Gasteiger charge is 2.29. The number of hydrogen-bond acceptors (Lipinski definition) is 4. The predicted molar refractivity (Wildman–Crippen MR) is 124 cm³/mol. The molecule has 0 bridgehead atoms. The summed E-state index contributed by atoms with van der Waals surface area (Å²) in [4.78, 5) is 27.3. The van der Waals surface area contributed by atoms with Crippen LogP contribution < -0.4 is 4.90 Å². The van der Waals surface area contributed by atoms with E-state index in [1.54, 1.807) is 0 Å². The molecule has 0 aliphatic carbocycles. The van der Waals surface area contributed by atoms with Crippen LogP contribution in [0, 0.1) is 20.8 Å². The van der Waals surface area contributed by atoms with Gasteiger partial charge in [0.15, 0.2) is 0 Å². The third-order valence-corrected chi connectivity index (χ3v) is 6.10. The van der Waals surface area contributed by atoms with E-state index in [4.69, 9.17) is 4.98 Å². The maximum atomic E-state index is 13.8. The molecule has 1 aromatic heterocycles. The Bertz CT molecular complexity index is 997. The van der Waals surface area contributed by atoms with Crippen molar-refractivity contribution in [2.24, 2.45) is 0 Å². The molecule has 2 heterocycles. The van der Waals surface area contributed by atoms with Crippen molar-refractivity contribution in [3.8, 4) is 0 Å². The van der Waals surface area contributed by atoms with Gasteiger partial charge < -0.3 is 9.80 Å². The van der Waals surface area contributed by atoms with Gasteiger partial charge >= 0.3 is 0 Å². The monoisotopic (exact) mass is 414 g/mol. The lowest BCUT2D eigenvalue weighted by Crippen LogP contribution is -2.38. The topological polar surface area (TPSA) is 49.3 Å². The number of amides is 1. The molecule has 1 amide bonds. The first kappa shape index (κ1) is 21.0. The van der Waals surface area contributed by atoms with Crippen molar-refractivity contribution in [3.63, 3.8) is 0 Å². The van der Waals surface area contributed by atoms with Gasteiger partial charge in [0.25, 0.3) is 0 Å². The molecular weight excluding hydrogens is 384 g/mol. The first-order valence-corrected chi connectivity index (χ1v) is 11.0. The number of benzene rings is 2. The molecule has 0 atom stereocenters. The summed E-state index contributed by atoms with van der Waals surface area (Å²) >= 11 is 0. The molecule has 1 fully saturated rings. The molecule has 1 saturated heterocycles. The van der Waals surface area contributed by atoms with Gasteiger partial charge in [-0.3, -0.25) is 4.79 Å². The number of carbonyl (C=O) groups is 1. The van der Waals surface area contributed by atoms with Crippen LogP contribution in [0.5, 0.6) is 0 Å². The Hall–Kier alpha value is -3.21. The van der Waals surface area contributed by atoms with Crippen LogP contribution in [0.3, 0.4) is 0 Å². The fourth-order valence-electron chi connectivity index (χ4n) is 4.36. The summed E-state index contributed by atoms with van der Waals surface area (Å²) in [6.45, 7) is 9.17. The van der Waals surface area contributed by atoms with E-state index in [0.717, 1.165) is 60.1 Å². The number of carbonyl (C=O) groups excluding carboxylic acids is 1. The van der Waals surface area contributed by atoms with Crippen molar-refractivity contribution in [1.29, 1.82) is 0 Å². The molecule has 160 valence electrons. The third-order valence-electron chi connectivity index (χ3n) is 6.10. The van der Waals surface area contributed by atoms with Crippen LogP contribution in [0.2, 0.25) is 0 Å². The highest BCUT2D eigenvalue weighted by Crippen LogP contribution is 2.28. The summed E-state index contributed by atoms with van der Waals surface area (Å²) in [5.41, 5.74) is 4.22. The van der Waals surface area contributed by atoms with Gasteiger partial charge in [0.1, 0.15) is 11.6 Å². The Labute approximate surface area is 184 Å². The van der Waals surface area contributed by atoms with Gasteiger partial charge in [0.05, 0.1) is 5.92 Å². The Morgan fingerprint density at radius 1 is 0.806 bits per heavy atom. The smallest absolute Gasteiger partial charge is 0.234 e. The summed E-state index contributed by atoms with van der Waals surface area (Å²) in [6, 6.07) is 20.2. The number of hydrogen-bond donors (Lipinski definition) is 0. The normalized spacial score (nSPS) is 14.6. The summed E-state index contributed by atoms with van der Waals surface area (Å²) in [6.07, 6.45) is 0.920. The molecule has 5 nitrogen and oxygen atoms in total. The van der Waals surface area contributed by atoms with Gasteiger partial charge in [-0.15, -0.1) is 0 Å². The summed E-state index contributed by atoms with van der Waals surface area (Å²) in [5.74, 6) is 1.69. The van der Waals surface area contributed by atoms with E-state index in [-0.39, 0.29) is 11.8 Å². The highest BCUT2D eigenvalue weighted by atomic mass is 16.2. The van der Waals surface area contributed by atoms with Crippen LogP contribution >= 0.6 is 0 Å². The van der Waals surface area contributed by atoms with Gasteiger partial charge in [0.2, 0.25) is 5.91 Å². The quantitative estimate of drug-likeness (QED) is 0.640. The van der Waals surface area contributed by atoms with Crippen molar-refractivity contribution in [2.45, 2.75) is 33.1 Å². The van der Waals surface area contributed by atoms with Crippen molar-refractivity contribution in [3.05, 3.63) is 88.9 Å². The van der Waals surface area contributed by atoms with Gasteiger partial charge in [-0.05, 0) is 38.3 Å². The second-order valence-corrected chi connectivity index (χ2v) is 8.23. The lowest BCUT2D eigenvalue weighted by Gasteiger charge is -2.28. The van der Waals surface area contributed by atoms with Gasteiger partial charge in [0, 0.05) is 37.4 Å². The first-order chi connectivity index (χ1) is 15.0. The van der Waals surface area contributed by atoms with Gasteiger partial charge in [-0.2, -0.15) is 0 Å². The molecule has 1 aliphatic rings. The van der Waals surface area contributed by atoms with Crippen molar-refractivity contribution in [1.82, 2.24) is 14.9 Å². The molecule has 2 aromatic carbocycles. The molecule has 1 aliphatic heterocycles. The van der Waals surface area contributed by atoms with Crippen molar-refractivity contribution in [2.75, 3.05) is 31.1 Å². The second-order valence-electron chi connectivity index (χ2n) is 8.23. The fraction of sp³-hybridized carbons (Fsp3) is 0.346. The van der Waals surface area contributed by atoms with Crippen LogP contribution in [0.15, 0.2) is 60.7 Å². The molecule has 0 spiro atoms. The Morgan fingerprint density at radius 3 is 2.03 bits per heavy atom. The minimum atomic E-state index is -0.278. The minimum Gasteiger partial charge on any atom is -0.354 e. The molecular formula is C26H30N4O. The third kappa shape index (κ3) is 4.61.